The Morgan fingerprint density at radius 1 is 1.06 bits per heavy atom. The standard InChI is InChI=1S/C12H11N5/c1-3-11(8-16-9-13-14-10-16)7-12(4-1)17-6-2-5-15-17/h1-7,9-10H,8H2. The third kappa shape index (κ3) is 2.08. The van der Waals surface area contributed by atoms with Crippen LogP contribution in [0.2, 0.25) is 0 Å². The largest absolute Gasteiger partial charge is 0.316 e. The summed E-state index contributed by atoms with van der Waals surface area (Å²) >= 11 is 0. The van der Waals surface area contributed by atoms with Gasteiger partial charge >= 0.3 is 0 Å². The number of rotatable bonds is 3. The zero-order valence-corrected chi connectivity index (χ0v) is 9.14. The Bertz CT molecular complexity index is 583. The van der Waals surface area contributed by atoms with Crippen LogP contribution in [0.1, 0.15) is 5.56 Å². The lowest BCUT2D eigenvalue weighted by molar-refractivity contribution is 0.790. The lowest BCUT2D eigenvalue weighted by Gasteiger charge is -2.05. The first-order valence-electron chi connectivity index (χ1n) is 5.33. The minimum absolute atomic E-state index is 0.766. The average Bonchev–Trinajstić information content (AvgIpc) is 3.01. The molecule has 0 N–H and O–H groups in total. The highest BCUT2D eigenvalue weighted by molar-refractivity contribution is 5.35. The molecule has 2 aromatic heterocycles. The molecule has 3 rings (SSSR count). The van der Waals surface area contributed by atoms with Crippen LogP contribution in [-0.4, -0.2) is 24.5 Å². The number of hydrogen-bond acceptors (Lipinski definition) is 3. The van der Waals surface area contributed by atoms with Gasteiger partial charge in [-0.25, -0.2) is 4.68 Å². The third-order valence-corrected chi connectivity index (χ3v) is 2.51. The Morgan fingerprint density at radius 3 is 2.71 bits per heavy atom. The molecule has 0 saturated carbocycles. The van der Waals surface area contributed by atoms with Gasteiger partial charge in [0.25, 0.3) is 0 Å². The zero-order valence-electron chi connectivity index (χ0n) is 9.14. The van der Waals surface area contributed by atoms with Crippen molar-refractivity contribution in [3.63, 3.8) is 0 Å². The average molecular weight is 225 g/mol. The molecular formula is C12H11N5. The van der Waals surface area contributed by atoms with E-state index in [-0.39, 0.29) is 0 Å². The van der Waals surface area contributed by atoms with E-state index in [4.69, 9.17) is 0 Å². The first-order chi connectivity index (χ1) is 8.42. The summed E-state index contributed by atoms with van der Waals surface area (Å²) in [5.41, 5.74) is 2.25. The first kappa shape index (κ1) is 9.77. The fraction of sp³-hybridized carbons (Fsp3) is 0.0833. The molecule has 2 heterocycles. The first-order valence-corrected chi connectivity index (χ1v) is 5.33. The summed E-state index contributed by atoms with van der Waals surface area (Å²) in [6.07, 6.45) is 7.12. The van der Waals surface area contributed by atoms with Gasteiger partial charge in [-0.3, -0.25) is 0 Å². The van der Waals surface area contributed by atoms with E-state index in [1.165, 1.54) is 5.56 Å². The van der Waals surface area contributed by atoms with Crippen molar-refractivity contribution in [1.82, 2.24) is 24.5 Å². The van der Waals surface area contributed by atoms with Gasteiger partial charge < -0.3 is 4.57 Å². The van der Waals surface area contributed by atoms with Gasteiger partial charge in [-0.05, 0) is 23.8 Å². The van der Waals surface area contributed by atoms with Gasteiger partial charge in [0, 0.05) is 12.4 Å². The number of aromatic nitrogens is 5. The van der Waals surface area contributed by atoms with Gasteiger partial charge in [-0.1, -0.05) is 12.1 Å². The van der Waals surface area contributed by atoms with E-state index in [2.05, 4.69) is 27.4 Å². The third-order valence-electron chi connectivity index (χ3n) is 2.51. The van der Waals surface area contributed by atoms with Gasteiger partial charge in [0.15, 0.2) is 0 Å². The summed E-state index contributed by atoms with van der Waals surface area (Å²) in [4.78, 5) is 0. The van der Waals surface area contributed by atoms with Crippen LogP contribution in [0.15, 0.2) is 55.4 Å². The highest BCUT2D eigenvalue weighted by Crippen LogP contribution is 2.10. The fourth-order valence-electron chi connectivity index (χ4n) is 1.73. The van der Waals surface area contributed by atoms with Crippen molar-refractivity contribution in [2.75, 3.05) is 0 Å². The van der Waals surface area contributed by atoms with Crippen LogP contribution < -0.4 is 0 Å². The van der Waals surface area contributed by atoms with E-state index in [0.717, 1.165) is 12.2 Å². The van der Waals surface area contributed by atoms with Crippen LogP contribution in [0, 0.1) is 0 Å². The topological polar surface area (TPSA) is 48.5 Å². The number of hydrogen-bond donors (Lipinski definition) is 0. The highest BCUT2D eigenvalue weighted by Gasteiger charge is 1.99. The van der Waals surface area contributed by atoms with Crippen molar-refractivity contribution in [2.45, 2.75) is 6.54 Å². The molecule has 0 aliphatic carbocycles. The molecule has 0 aliphatic heterocycles. The van der Waals surface area contributed by atoms with E-state index in [0.29, 0.717) is 0 Å². The minimum atomic E-state index is 0.766. The quantitative estimate of drug-likeness (QED) is 0.679. The van der Waals surface area contributed by atoms with Gasteiger partial charge in [0.1, 0.15) is 12.7 Å². The summed E-state index contributed by atoms with van der Waals surface area (Å²) in [6, 6.07) is 10.1. The molecule has 1 aromatic carbocycles. The molecule has 3 aromatic rings. The summed E-state index contributed by atoms with van der Waals surface area (Å²) in [5.74, 6) is 0. The molecule has 0 bridgehead atoms. The molecule has 0 spiro atoms. The Balaban J connectivity index is 1.89. The van der Waals surface area contributed by atoms with Crippen LogP contribution >= 0.6 is 0 Å². The maximum Gasteiger partial charge on any atom is 0.119 e. The van der Waals surface area contributed by atoms with Crippen molar-refractivity contribution in [1.29, 1.82) is 0 Å². The molecule has 5 heteroatoms. The van der Waals surface area contributed by atoms with Crippen molar-refractivity contribution >= 4 is 0 Å². The molecule has 84 valence electrons. The molecule has 0 saturated heterocycles. The SMILES string of the molecule is c1cc(Cn2cnnc2)cc(-n2cccn2)c1. The maximum absolute atomic E-state index is 4.21. The maximum atomic E-state index is 4.21. The lowest BCUT2D eigenvalue weighted by Crippen LogP contribution is -1.99. The summed E-state index contributed by atoms with van der Waals surface area (Å²) in [6.45, 7) is 0.766. The summed E-state index contributed by atoms with van der Waals surface area (Å²) in [7, 11) is 0. The number of nitrogens with zero attached hydrogens (tertiary/aromatic N) is 5. The van der Waals surface area contributed by atoms with Crippen molar-refractivity contribution in [3.05, 3.63) is 60.9 Å². The smallest absolute Gasteiger partial charge is 0.119 e. The van der Waals surface area contributed by atoms with E-state index in [9.17, 15) is 0 Å². The molecule has 17 heavy (non-hydrogen) atoms. The second-order valence-corrected chi connectivity index (χ2v) is 3.75. The van der Waals surface area contributed by atoms with E-state index in [1.54, 1.807) is 18.9 Å². The molecule has 0 unspecified atom stereocenters. The Kier molecular flexibility index (Phi) is 2.42. The molecular weight excluding hydrogens is 214 g/mol. The molecule has 0 amide bonds. The monoisotopic (exact) mass is 225 g/mol. The molecule has 0 fully saturated rings. The van der Waals surface area contributed by atoms with Gasteiger partial charge in [-0.2, -0.15) is 5.10 Å². The second-order valence-electron chi connectivity index (χ2n) is 3.75. The van der Waals surface area contributed by atoms with Crippen LogP contribution in [-0.2, 0) is 6.54 Å². The van der Waals surface area contributed by atoms with Crippen LogP contribution in [0.5, 0.6) is 0 Å². The Labute approximate surface area is 98.3 Å². The highest BCUT2D eigenvalue weighted by atomic mass is 15.3. The van der Waals surface area contributed by atoms with E-state index in [1.807, 2.05) is 33.6 Å². The van der Waals surface area contributed by atoms with Gasteiger partial charge in [0.2, 0.25) is 0 Å². The summed E-state index contributed by atoms with van der Waals surface area (Å²) in [5, 5.41) is 11.8. The van der Waals surface area contributed by atoms with Crippen LogP contribution in [0.4, 0.5) is 0 Å². The molecule has 0 aliphatic rings. The van der Waals surface area contributed by atoms with E-state index >= 15 is 0 Å². The fourth-order valence-corrected chi connectivity index (χ4v) is 1.73. The lowest BCUT2D eigenvalue weighted by atomic mass is 10.2. The van der Waals surface area contributed by atoms with Crippen molar-refractivity contribution < 1.29 is 0 Å². The van der Waals surface area contributed by atoms with Gasteiger partial charge in [-0.15, -0.1) is 10.2 Å². The van der Waals surface area contributed by atoms with Gasteiger partial charge in [0.05, 0.1) is 12.2 Å². The minimum Gasteiger partial charge on any atom is -0.316 e. The Hall–Kier alpha value is -2.43. The molecule has 0 atom stereocenters. The second kappa shape index (κ2) is 4.21. The summed E-state index contributed by atoms with van der Waals surface area (Å²) < 4.78 is 3.78. The number of benzene rings is 1. The van der Waals surface area contributed by atoms with Crippen LogP contribution in [0.25, 0.3) is 5.69 Å². The zero-order chi connectivity index (χ0) is 11.5. The Morgan fingerprint density at radius 2 is 1.94 bits per heavy atom. The van der Waals surface area contributed by atoms with Crippen molar-refractivity contribution in [3.8, 4) is 5.69 Å². The predicted molar refractivity (Wildman–Crippen MR) is 62.7 cm³/mol. The normalized spacial score (nSPS) is 10.6. The molecule has 5 nitrogen and oxygen atoms in total. The molecule has 0 radical (unpaired) electrons. The predicted octanol–water partition coefficient (Wildman–Crippen LogP) is 1.51. The van der Waals surface area contributed by atoms with E-state index < -0.39 is 0 Å². The van der Waals surface area contributed by atoms with Crippen LogP contribution in [0.3, 0.4) is 0 Å². The van der Waals surface area contributed by atoms with Crippen molar-refractivity contribution in [2.24, 2.45) is 0 Å².